The van der Waals surface area contributed by atoms with Gasteiger partial charge in [-0.2, -0.15) is 0 Å². The van der Waals surface area contributed by atoms with Crippen LogP contribution in [0, 0.1) is 5.41 Å². The molecule has 1 N–H and O–H groups in total. The van der Waals surface area contributed by atoms with Crippen LogP contribution in [0.15, 0.2) is 53.6 Å². The van der Waals surface area contributed by atoms with E-state index < -0.39 is 17.6 Å². The number of alkyl halides is 1. The minimum absolute atomic E-state index is 0.0422. The fourth-order valence-electron chi connectivity index (χ4n) is 5.12. The van der Waals surface area contributed by atoms with Gasteiger partial charge in [0.1, 0.15) is 11.9 Å². The van der Waals surface area contributed by atoms with Crippen molar-refractivity contribution in [1.82, 2.24) is 9.88 Å². The zero-order chi connectivity index (χ0) is 26.4. The molecule has 3 aromatic rings. The number of thioether (sulfide) groups is 1. The zero-order valence-electron chi connectivity index (χ0n) is 20.8. The monoisotopic (exact) mass is 564 g/mol. The number of carboxylic acids is 1. The Balaban J connectivity index is 1.39. The van der Waals surface area contributed by atoms with Crippen molar-refractivity contribution < 1.29 is 19.0 Å². The molecule has 1 aliphatic rings. The first-order valence-electron chi connectivity index (χ1n) is 12.4. The van der Waals surface area contributed by atoms with Gasteiger partial charge in [0.2, 0.25) is 0 Å². The van der Waals surface area contributed by atoms with Crippen molar-refractivity contribution in [2.75, 3.05) is 32.5 Å². The Hall–Kier alpha value is -2.06. The van der Waals surface area contributed by atoms with E-state index >= 15 is 4.39 Å². The minimum atomic E-state index is -1.33. The van der Waals surface area contributed by atoms with E-state index in [4.69, 9.17) is 27.9 Å². The number of aromatic nitrogens is 1. The van der Waals surface area contributed by atoms with Crippen molar-refractivity contribution >= 4 is 51.8 Å². The third kappa shape index (κ3) is 7.08. The standard InChI is InChI=1S/C28H31Cl2FN2O3S/c1-36-19-6-7-24-20(16-19)27(22(30)18-32-24)23(31)8-9-28(17-26(34)35)10-12-33(13-11-28)14-15-37-25-5-3-2-4-21(25)29/h2-7,16,18,23H,8-15,17H2,1H3,(H,34,35). The van der Waals surface area contributed by atoms with E-state index in [-0.39, 0.29) is 17.9 Å². The second kappa shape index (κ2) is 12.7. The van der Waals surface area contributed by atoms with Crippen LogP contribution in [0.1, 0.15) is 43.8 Å². The maximum atomic E-state index is 15.7. The summed E-state index contributed by atoms with van der Waals surface area (Å²) in [4.78, 5) is 19.5. The molecule has 2 aromatic carbocycles. The summed E-state index contributed by atoms with van der Waals surface area (Å²) in [6.07, 6.45) is 2.31. The molecule has 1 unspecified atom stereocenters. The highest BCUT2D eigenvalue weighted by molar-refractivity contribution is 7.99. The molecule has 37 heavy (non-hydrogen) atoms. The van der Waals surface area contributed by atoms with Crippen LogP contribution in [-0.2, 0) is 4.79 Å². The van der Waals surface area contributed by atoms with Crippen molar-refractivity contribution in [3.8, 4) is 5.75 Å². The van der Waals surface area contributed by atoms with Gasteiger partial charge < -0.3 is 14.7 Å². The highest BCUT2D eigenvalue weighted by Crippen LogP contribution is 2.44. The van der Waals surface area contributed by atoms with E-state index in [2.05, 4.69) is 9.88 Å². The SMILES string of the molecule is COc1ccc2ncc(Cl)c(C(F)CCC3(CC(=O)O)CCN(CCSc4ccccc4Cl)CC3)c2c1. The summed E-state index contributed by atoms with van der Waals surface area (Å²) in [6.45, 7) is 2.48. The molecule has 0 aliphatic carbocycles. The number of pyridine rings is 1. The maximum Gasteiger partial charge on any atom is 0.303 e. The van der Waals surface area contributed by atoms with Gasteiger partial charge in [-0.25, -0.2) is 4.39 Å². The zero-order valence-corrected chi connectivity index (χ0v) is 23.1. The number of fused-ring (bicyclic) bond motifs is 1. The summed E-state index contributed by atoms with van der Waals surface area (Å²) in [7, 11) is 1.56. The average Bonchev–Trinajstić information content (AvgIpc) is 2.89. The number of hydrogen-bond donors (Lipinski definition) is 1. The number of nitrogens with zero attached hydrogens (tertiary/aromatic N) is 2. The molecule has 0 amide bonds. The van der Waals surface area contributed by atoms with Crippen LogP contribution in [-0.4, -0.2) is 53.5 Å². The molecule has 1 saturated heterocycles. The van der Waals surface area contributed by atoms with Gasteiger partial charge in [0.05, 0.1) is 29.1 Å². The van der Waals surface area contributed by atoms with E-state index in [1.54, 1.807) is 37.1 Å². The number of rotatable bonds is 11. The van der Waals surface area contributed by atoms with Crippen molar-refractivity contribution in [1.29, 1.82) is 0 Å². The lowest BCUT2D eigenvalue weighted by Crippen LogP contribution is -2.42. The van der Waals surface area contributed by atoms with Crippen LogP contribution < -0.4 is 4.74 Å². The molecule has 5 nitrogen and oxygen atoms in total. The van der Waals surface area contributed by atoms with Crippen LogP contribution in [0.5, 0.6) is 5.75 Å². The number of methoxy groups -OCH3 is 1. The number of carbonyl (C=O) groups is 1. The molecule has 9 heteroatoms. The van der Waals surface area contributed by atoms with Crippen LogP contribution in [0.3, 0.4) is 0 Å². The normalized spacial score (nSPS) is 16.5. The smallest absolute Gasteiger partial charge is 0.303 e. The summed E-state index contributed by atoms with van der Waals surface area (Å²) >= 11 is 14.4. The van der Waals surface area contributed by atoms with E-state index in [1.165, 1.54) is 6.20 Å². The first-order valence-corrected chi connectivity index (χ1v) is 14.1. The number of aliphatic carboxylic acids is 1. The minimum Gasteiger partial charge on any atom is -0.497 e. The largest absolute Gasteiger partial charge is 0.497 e. The summed E-state index contributed by atoms with van der Waals surface area (Å²) < 4.78 is 21.0. The third-order valence-corrected chi connectivity index (χ3v) is 9.05. The second-order valence-electron chi connectivity index (χ2n) is 9.60. The molecule has 1 fully saturated rings. The summed E-state index contributed by atoms with van der Waals surface area (Å²) in [5, 5.41) is 11.3. The first-order chi connectivity index (χ1) is 17.8. The molecule has 0 bridgehead atoms. The molecule has 1 aromatic heterocycles. The van der Waals surface area contributed by atoms with Gasteiger partial charge in [0.15, 0.2) is 0 Å². The lowest BCUT2D eigenvalue weighted by atomic mass is 9.71. The van der Waals surface area contributed by atoms with Gasteiger partial charge in [0.25, 0.3) is 0 Å². The van der Waals surface area contributed by atoms with E-state index in [9.17, 15) is 9.90 Å². The molecule has 0 saturated carbocycles. The van der Waals surface area contributed by atoms with Crippen molar-refractivity contribution in [3.63, 3.8) is 0 Å². The van der Waals surface area contributed by atoms with E-state index in [1.807, 2.05) is 24.3 Å². The van der Waals surface area contributed by atoms with Gasteiger partial charge in [-0.15, -0.1) is 11.8 Å². The van der Waals surface area contributed by atoms with Gasteiger partial charge in [0, 0.05) is 34.3 Å². The molecule has 1 atom stereocenters. The average molecular weight is 566 g/mol. The number of halogens is 3. The number of benzene rings is 2. The quantitative estimate of drug-likeness (QED) is 0.241. The predicted molar refractivity (Wildman–Crippen MR) is 149 cm³/mol. The third-order valence-electron chi connectivity index (χ3n) is 7.25. The van der Waals surface area contributed by atoms with Crippen molar-refractivity contribution in [2.24, 2.45) is 5.41 Å². The Morgan fingerprint density at radius 2 is 1.97 bits per heavy atom. The Kier molecular flexibility index (Phi) is 9.57. The van der Waals surface area contributed by atoms with Gasteiger partial charge in [-0.1, -0.05) is 35.3 Å². The molecule has 1 aliphatic heterocycles. The van der Waals surface area contributed by atoms with Gasteiger partial charge in [-0.3, -0.25) is 9.78 Å². The summed E-state index contributed by atoms with van der Waals surface area (Å²) in [6, 6.07) is 13.1. The Morgan fingerprint density at radius 3 is 2.68 bits per heavy atom. The molecule has 0 radical (unpaired) electrons. The van der Waals surface area contributed by atoms with Crippen LogP contribution >= 0.6 is 35.0 Å². The van der Waals surface area contributed by atoms with Gasteiger partial charge >= 0.3 is 5.97 Å². The Bertz CT molecular complexity index is 1240. The van der Waals surface area contributed by atoms with Crippen molar-refractivity contribution in [2.45, 2.75) is 43.2 Å². The summed E-state index contributed by atoms with van der Waals surface area (Å²) in [5.74, 6) is 0.668. The number of ether oxygens (including phenoxy) is 1. The molecule has 0 spiro atoms. The maximum absolute atomic E-state index is 15.7. The predicted octanol–water partition coefficient (Wildman–Crippen LogP) is 7.69. The molecule has 2 heterocycles. The molecule has 4 rings (SSSR count). The molecular weight excluding hydrogens is 534 g/mol. The van der Waals surface area contributed by atoms with Crippen molar-refractivity contribution in [3.05, 3.63) is 64.3 Å². The molecule has 198 valence electrons. The Morgan fingerprint density at radius 1 is 1.22 bits per heavy atom. The fraction of sp³-hybridized carbons (Fsp3) is 0.429. The number of piperidine rings is 1. The summed E-state index contributed by atoms with van der Waals surface area (Å²) in [5.41, 5.74) is 0.603. The lowest BCUT2D eigenvalue weighted by Gasteiger charge is -2.41. The van der Waals surface area contributed by atoms with E-state index in [0.717, 1.165) is 48.1 Å². The highest BCUT2D eigenvalue weighted by Gasteiger charge is 2.37. The number of likely N-dealkylation sites (tertiary alicyclic amines) is 1. The topological polar surface area (TPSA) is 62.7 Å². The lowest BCUT2D eigenvalue weighted by molar-refractivity contribution is -0.141. The number of hydrogen-bond acceptors (Lipinski definition) is 5. The molecular formula is C28H31Cl2FN2O3S. The van der Waals surface area contributed by atoms with Crippen LogP contribution in [0.2, 0.25) is 10.0 Å². The first kappa shape index (κ1) is 28.0. The van der Waals surface area contributed by atoms with Crippen LogP contribution in [0.4, 0.5) is 4.39 Å². The second-order valence-corrected chi connectivity index (χ2v) is 11.6. The van der Waals surface area contributed by atoms with Gasteiger partial charge in [-0.05, 0) is 74.5 Å². The van der Waals surface area contributed by atoms with Crippen LogP contribution in [0.25, 0.3) is 10.9 Å². The Labute approximate surface area is 231 Å². The highest BCUT2D eigenvalue weighted by atomic mass is 35.5. The van der Waals surface area contributed by atoms with E-state index in [0.29, 0.717) is 28.6 Å². The fourth-order valence-corrected chi connectivity index (χ4v) is 6.64. The number of carboxylic acid groups (broad SMARTS) is 1.